The summed E-state index contributed by atoms with van der Waals surface area (Å²) in [6.45, 7) is 1.74. The third-order valence-corrected chi connectivity index (χ3v) is 6.09. The Labute approximate surface area is 234 Å². The van der Waals surface area contributed by atoms with Gasteiger partial charge < -0.3 is 49.3 Å². The van der Waals surface area contributed by atoms with Gasteiger partial charge in [0.15, 0.2) is 29.6 Å². The molecule has 1 aliphatic rings. The number of carboxylic acids is 1. The van der Waals surface area contributed by atoms with Crippen molar-refractivity contribution in [2.24, 2.45) is 0 Å². The number of aliphatic hydroxyl groups is 3. The third-order valence-electron chi connectivity index (χ3n) is 6.09. The number of aryl methyl sites for hydroxylation is 1. The van der Waals surface area contributed by atoms with E-state index in [0.717, 1.165) is 12.4 Å². The summed E-state index contributed by atoms with van der Waals surface area (Å²) in [5.41, 5.74) is 0.745. The van der Waals surface area contributed by atoms with Crippen molar-refractivity contribution in [1.82, 2.24) is 0 Å². The molecule has 0 bridgehead atoms. The molecule has 1 fully saturated rings. The zero-order valence-electron chi connectivity index (χ0n) is 21.9. The second-order valence-corrected chi connectivity index (χ2v) is 9.10. The van der Waals surface area contributed by atoms with E-state index >= 15 is 0 Å². The number of hydrogen-bond donors (Lipinski definition) is 5. The van der Waals surface area contributed by atoms with E-state index in [1.54, 1.807) is 31.2 Å². The number of allylic oxidation sites excluding steroid dienone is 1. The highest BCUT2D eigenvalue weighted by atomic mass is 16.7. The van der Waals surface area contributed by atoms with Gasteiger partial charge in [-0.25, -0.2) is 4.79 Å². The number of aliphatic carboxylic acids is 1. The molecule has 5 unspecified atom stereocenters. The molecule has 220 valence electrons. The van der Waals surface area contributed by atoms with E-state index in [-0.39, 0.29) is 36.2 Å². The largest absolute Gasteiger partial charge is 0.504 e. The van der Waals surface area contributed by atoms with E-state index in [4.69, 9.17) is 18.9 Å². The van der Waals surface area contributed by atoms with E-state index < -0.39 is 54.2 Å². The average Bonchev–Trinajstić information content (AvgIpc) is 2.94. The number of unbranched alkanes of at least 4 members (excludes halogenated alkanes) is 2. The summed E-state index contributed by atoms with van der Waals surface area (Å²) < 4.78 is 21.7. The van der Waals surface area contributed by atoms with Crippen LogP contribution in [-0.2, 0) is 28.7 Å². The average molecular weight is 575 g/mol. The minimum absolute atomic E-state index is 0.0670. The number of carboxylic acid groups (broad SMARTS) is 1. The Kier molecular flexibility index (Phi) is 10.9. The van der Waals surface area contributed by atoms with Gasteiger partial charge in [-0.2, -0.15) is 0 Å². The molecule has 0 radical (unpaired) electrons. The highest BCUT2D eigenvalue weighted by molar-refractivity contribution is 5.88. The molecule has 0 saturated carbocycles. The summed E-state index contributed by atoms with van der Waals surface area (Å²) in [4.78, 5) is 46.2. The van der Waals surface area contributed by atoms with Crippen LogP contribution in [0.1, 0.15) is 36.8 Å². The minimum Gasteiger partial charge on any atom is -0.504 e. The molecule has 0 aliphatic carbocycles. The van der Waals surface area contributed by atoms with Gasteiger partial charge in [-0.15, -0.1) is 0 Å². The maximum absolute atomic E-state index is 12.4. The van der Waals surface area contributed by atoms with Crippen LogP contribution in [0.25, 0.3) is 5.76 Å². The standard InChI is InChI=1S/C28H30O13/c1-15-7-4-5-8-18(15)39-25(20(14-30)38-21(32)9-3-2-6-12-29)16-10-11-19(17(31)13-16)40-28-24(35)22(33)23(34)26(41-28)27(36)37/h4-5,7-8,10-14,22-24,26,28,31,33-35H,2-3,6,9H2,1H3,(H,36,37)/b25-20+. The van der Waals surface area contributed by atoms with Crippen LogP contribution in [0.3, 0.4) is 0 Å². The van der Waals surface area contributed by atoms with Crippen molar-refractivity contribution < 1.29 is 63.7 Å². The molecule has 13 nitrogen and oxygen atoms in total. The number of aldehydes is 2. The van der Waals surface area contributed by atoms with Gasteiger partial charge in [-0.1, -0.05) is 18.2 Å². The number of aliphatic hydroxyl groups excluding tert-OH is 3. The molecule has 1 aliphatic heterocycles. The molecule has 5 atom stereocenters. The molecule has 5 N–H and O–H groups in total. The molecule has 3 rings (SSSR count). The zero-order valence-corrected chi connectivity index (χ0v) is 21.9. The summed E-state index contributed by atoms with van der Waals surface area (Å²) in [6.07, 6.45) is -7.40. The van der Waals surface area contributed by atoms with Crippen molar-refractivity contribution in [3.8, 4) is 17.2 Å². The van der Waals surface area contributed by atoms with Gasteiger partial charge in [-0.05, 0) is 49.6 Å². The van der Waals surface area contributed by atoms with Crippen LogP contribution in [0.4, 0.5) is 0 Å². The number of esters is 1. The van der Waals surface area contributed by atoms with Crippen molar-refractivity contribution in [3.63, 3.8) is 0 Å². The molecule has 2 aromatic carbocycles. The second-order valence-electron chi connectivity index (χ2n) is 9.10. The Hall–Kier alpha value is -4.30. The number of phenolic OH excluding ortho intramolecular Hbond substituents is 1. The van der Waals surface area contributed by atoms with Crippen molar-refractivity contribution >= 4 is 30.3 Å². The molecule has 1 saturated heterocycles. The van der Waals surface area contributed by atoms with Gasteiger partial charge in [0.25, 0.3) is 0 Å². The first-order valence-electron chi connectivity index (χ1n) is 12.6. The number of ether oxygens (including phenoxy) is 4. The maximum Gasteiger partial charge on any atom is 0.335 e. The molecular weight excluding hydrogens is 544 g/mol. The summed E-state index contributed by atoms with van der Waals surface area (Å²) in [7, 11) is 0. The zero-order chi connectivity index (χ0) is 30.1. The SMILES string of the molecule is Cc1ccccc1O/C(=C(\C=O)OC(=O)CCCCC=O)c1ccc(OC2OC(C(=O)O)C(O)C(O)C2O)c(O)c1. The number of rotatable bonds is 13. The number of carbonyl (C=O) groups excluding carboxylic acids is 3. The van der Waals surface area contributed by atoms with Gasteiger partial charge in [0.05, 0.1) is 0 Å². The predicted octanol–water partition coefficient (Wildman–Crippen LogP) is 1.22. The fraction of sp³-hybridized carbons (Fsp3) is 0.357. The maximum atomic E-state index is 12.4. The molecule has 1 heterocycles. The van der Waals surface area contributed by atoms with Gasteiger partial charge in [0, 0.05) is 18.4 Å². The molecular formula is C28H30O13. The lowest BCUT2D eigenvalue weighted by atomic mass is 9.99. The Morgan fingerprint density at radius 2 is 1.71 bits per heavy atom. The Balaban J connectivity index is 1.92. The topological polar surface area (TPSA) is 206 Å². The molecule has 0 spiro atoms. The minimum atomic E-state index is -1.93. The molecule has 0 aromatic heterocycles. The monoisotopic (exact) mass is 574 g/mol. The Morgan fingerprint density at radius 3 is 2.34 bits per heavy atom. The van der Waals surface area contributed by atoms with E-state index in [9.17, 15) is 44.7 Å². The molecule has 2 aromatic rings. The normalized spacial score (nSPS) is 22.7. The fourth-order valence-electron chi connectivity index (χ4n) is 3.86. The van der Waals surface area contributed by atoms with E-state index in [1.165, 1.54) is 12.1 Å². The number of benzene rings is 2. The quantitative estimate of drug-likeness (QED) is 0.0751. The lowest BCUT2D eigenvalue weighted by Crippen LogP contribution is -2.61. The summed E-state index contributed by atoms with van der Waals surface area (Å²) in [6, 6.07) is 10.4. The first-order chi connectivity index (χ1) is 19.6. The smallest absolute Gasteiger partial charge is 0.335 e. The van der Waals surface area contributed by atoms with E-state index in [2.05, 4.69) is 0 Å². The van der Waals surface area contributed by atoms with Crippen molar-refractivity contribution in [2.75, 3.05) is 0 Å². The molecule has 13 heteroatoms. The highest BCUT2D eigenvalue weighted by Gasteiger charge is 2.48. The van der Waals surface area contributed by atoms with Crippen LogP contribution >= 0.6 is 0 Å². The van der Waals surface area contributed by atoms with Crippen LogP contribution in [0.5, 0.6) is 17.2 Å². The fourth-order valence-corrected chi connectivity index (χ4v) is 3.86. The number of phenols is 1. The summed E-state index contributed by atoms with van der Waals surface area (Å²) in [5.74, 6) is -3.66. The predicted molar refractivity (Wildman–Crippen MR) is 138 cm³/mol. The van der Waals surface area contributed by atoms with Crippen LogP contribution in [0.2, 0.25) is 0 Å². The lowest BCUT2D eigenvalue weighted by molar-refractivity contribution is -0.271. The first-order valence-corrected chi connectivity index (χ1v) is 12.6. The third kappa shape index (κ3) is 7.89. The van der Waals surface area contributed by atoms with Gasteiger partial charge >= 0.3 is 11.9 Å². The Morgan fingerprint density at radius 1 is 0.976 bits per heavy atom. The van der Waals surface area contributed by atoms with Gasteiger partial charge in [0.2, 0.25) is 12.0 Å². The van der Waals surface area contributed by atoms with Crippen LogP contribution < -0.4 is 9.47 Å². The van der Waals surface area contributed by atoms with Gasteiger partial charge in [-0.3, -0.25) is 9.59 Å². The molecule has 41 heavy (non-hydrogen) atoms. The Bertz CT molecular complexity index is 1290. The second kappa shape index (κ2) is 14.4. The van der Waals surface area contributed by atoms with Crippen molar-refractivity contribution in [3.05, 3.63) is 59.4 Å². The number of carbonyl (C=O) groups is 4. The number of hydrogen-bond acceptors (Lipinski definition) is 12. The highest BCUT2D eigenvalue weighted by Crippen LogP contribution is 2.35. The van der Waals surface area contributed by atoms with E-state index in [0.29, 0.717) is 24.2 Å². The lowest BCUT2D eigenvalue weighted by Gasteiger charge is -2.38. The van der Waals surface area contributed by atoms with E-state index in [1.807, 2.05) is 0 Å². The van der Waals surface area contributed by atoms with Crippen LogP contribution in [0, 0.1) is 6.92 Å². The number of para-hydroxylation sites is 1. The summed E-state index contributed by atoms with van der Waals surface area (Å²) in [5, 5.41) is 50.0. The summed E-state index contributed by atoms with van der Waals surface area (Å²) >= 11 is 0. The molecule has 0 amide bonds. The van der Waals surface area contributed by atoms with Crippen molar-refractivity contribution in [1.29, 1.82) is 0 Å². The van der Waals surface area contributed by atoms with Crippen LogP contribution in [-0.4, -0.2) is 80.7 Å². The first kappa shape index (κ1) is 31.2. The van der Waals surface area contributed by atoms with Gasteiger partial charge in [0.1, 0.15) is 30.3 Å². The van der Waals surface area contributed by atoms with Crippen LogP contribution in [0.15, 0.2) is 48.2 Å². The van der Waals surface area contributed by atoms with Crippen molar-refractivity contribution in [2.45, 2.75) is 63.3 Å². The number of aromatic hydroxyl groups is 1.